The molecule has 0 saturated heterocycles. The summed E-state index contributed by atoms with van der Waals surface area (Å²) in [5.41, 5.74) is 0. The van der Waals surface area contributed by atoms with E-state index in [2.05, 4.69) is 13.8 Å². The molecule has 0 bridgehead atoms. The van der Waals surface area contributed by atoms with E-state index in [9.17, 15) is 4.79 Å². The Morgan fingerprint density at radius 2 is 1.92 bits per heavy atom. The topological polar surface area (TPSA) is 26.3 Å². The van der Waals surface area contributed by atoms with Crippen LogP contribution in [0.25, 0.3) is 0 Å². The molecule has 0 amide bonds. The molecule has 2 heteroatoms. The number of esters is 1. The molecule has 1 atom stereocenters. The summed E-state index contributed by atoms with van der Waals surface area (Å²) < 4.78 is 5.04. The van der Waals surface area contributed by atoms with Crippen molar-refractivity contribution in [2.75, 3.05) is 6.61 Å². The van der Waals surface area contributed by atoms with E-state index >= 15 is 0 Å². The molecule has 0 radical (unpaired) electrons. The Morgan fingerprint density at radius 1 is 1.33 bits per heavy atom. The van der Waals surface area contributed by atoms with Gasteiger partial charge in [-0.25, -0.2) is 0 Å². The van der Waals surface area contributed by atoms with Gasteiger partial charge in [-0.15, -0.1) is 0 Å². The molecule has 2 nitrogen and oxygen atoms in total. The van der Waals surface area contributed by atoms with Gasteiger partial charge in [0.25, 0.3) is 0 Å². The summed E-state index contributed by atoms with van der Waals surface area (Å²) in [7, 11) is 0. The fourth-order valence-corrected chi connectivity index (χ4v) is 0.731. The number of rotatable bonds is 5. The summed E-state index contributed by atoms with van der Waals surface area (Å²) in [6.07, 6.45) is 2.13. The SMILES string of the molecule is CCC(C)CCOC(=O)C(C)C. The van der Waals surface area contributed by atoms with Crippen LogP contribution in [-0.2, 0) is 9.53 Å². The Bertz CT molecular complexity index is 130. The van der Waals surface area contributed by atoms with E-state index in [0.717, 1.165) is 12.8 Å². The molecule has 0 aliphatic heterocycles. The third kappa shape index (κ3) is 5.16. The van der Waals surface area contributed by atoms with Gasteiger partial charge in [0.15, 0.2) is 0 Å². The van der Waals surface area contributed by atoms with Gasteiger partial charge < -0.3 is 4.74 Å². The minimum Gasteiger partial charge on any atom is -0.465 e. The van der Waals surface area contributed by atoms with Crippen LogP contribution >= 0.6 is 0 Å². The average Bonchev–Trinajstić information content (AvgIpc) is 2.03. The molecule has 72 valence electrons. The van der Waals surface area contributed by atoms with Crippen LogP contribution in [-0.4, -0.2) is 12.6 Å². The van der Waals surface area contributed by atoms with Gasteiger partial charge in [0.05, 0.1) is 12.5 Å². The molecule has 0 spiro atoms. The lowest BCUT2D eigenvalue weighted by Crippen LogP contribution is -2.13. The molecule has 0 rings (SSSR count). The summed E-state index contributed by atoms with van der Waals surface area (Å²) in [6.45, 7) is 8.60. The van der Waals surface area contributed by atoms with E-state index < -0.39 is 0 Å². The third-order valence-electron chi connectivity index (χ3n) is 2.02. The predicted octanol–water partition coefficient (Wildman–Crippen LogP) is 2.62. The lowest BCUT2D eigenvalue weighted by molar-refractivity contribution is -0.147. The minimum atomic E-state index is -0.0849. The third-order valence-corrected chi connectivity index (χ3v) is 2.02. The second-order valence-corrected chi connectivity index (χ2v) is 3.62. The smallest absolute Gasteiger partial charge is 0.308 e. The number of carbonyl (C=O) groups excluding carboxylic acids is 1. The van der Waals surface area contributed by atoms with Crippen molar-refractivity contribution in [3.05, 3.63) is 0 Å². The summed E-state index contributed by atoms with van der Waals surface area (Å²) in [6, 6.07) is 0. The zero-order valence-corrected chi connectivity index (χ0v) is 8.59. The molecule has 0 heterocycles. The van der Waals surface area contributed by atoms with Crippen LogP contribution in [0.15, 0.2) is 0 Å². The molecular formula is C10H20O2. The first-order valence-corrected chi connectivity index (χ1v) is 4.74. The van der Waals surface area contributed by atoms with Gasteiger partial charge in [-0.1, -0.05) is 34.1 Å². The Labute approximate surface area is 75.3 Å². The maximum absolute atomic E-state index is 11.0. The van der Waals surface area contributed by atoms with Crippen molar-refractivity contribution in [1.29, 1.82) is 0 Å². The van der Waals surface area contributed by atoms with Crippen LogP contribution < -0.4 is 0 Å². The molecular weight excluding hydrogens is 152 g/mol. The Morgan fingerprint density at radius 3 is 2.33 bits per heavy atom. The van der Waals surface area contributed by atoms with Gasteiger partial charge in [-0.05, 0) is 12.3 Å². The Hall–Kier alpha value is -0.530. The zero-order chi connectivity index (χ0) is 9.56. The molecule has 0 aliphatic rings. The molecule has 0 N–H and O–H groups in total. The second kappa shape index (κ2) is 6.04. The monoisotopic (exact) mass is 172 g/mol. The summed E-state index contributed by atoms with van der Waals surface area (Å²) in [4.78, 5) is 11.0. The van der Waals surface area contributed by atoms with Gasteiger partial charge in [0, 0.05) is 0 Å². The fourth-order valence-electron chi connectivity index (χ4n) is 0.731. The van der Waals surface area contributed by atoms with E-state index in [1.165, 1.54) is 0 Å². The van der Waals surface area contributed by atoms with E-state index in [1.807, 2.05) is 13.8 Å². The van der Waals surface area contributed by atoms with Crippen molar-refractivity contribution in [3.8, 4) is 0 Å². The summed E-state index contributed by atoms with van der Waals surface area (Å²) in [5.74, 6) is 0.574. The number of hydrogen-bond acceptors (Lipinski definition) is 2. The van der Waals surface area contributed by atoms with Crippen LogP contribution in [0.2, 0.25) is 0 Å². The first-order chi connectivity index (χ1) is 5.57. The number of ether oxygens (including phenoxy) is 1. The first kappa shape index (κ1) is 11.5. The lowest BCUT2D eigenvalue weighted by Gasteiger charge is -2.10. The van der Waals surface area contributed by atoms with Crippen LogP contribution in [0, 0.1) is 11.8 Å². The van der Waals surface area contributed by atoms with Crippen molar-refractivity contribution in [3.63, 3.8) is 0 Å². The lowest BCUT2D eigenvalue weighted by atomic mass is 10.1. The largest absolute Gasteiger partial charge is 0.465 e. The normalized spacial score (nSPS) is 13.1. The molecule has 12 heavy (non-hydrogen) atoms. The second-order valence-electron chi connectivity index (χ2n) is 3.62. The molecule has 0 fully saturated rings. The van der Waals surface area contributed by atoms with E-state index in [4.69, 9.17) is 4.74 Å². The van der Waals surface area contributed by atoms with Crippen LogP contribution in [0.5, 0.6) is 0 Å². The first-order valence-electron chi connectivity index (χ1n) is 4.74. The Balaban J connectivity index is 3.37. The highest BCUT2D eigenvalue weighted by atomic mass is 16.5. The molecule has 0 saturated carbocycles. The van der Waals surface area contributed by atoms with Crippen LogP contribution in [0.1, 0.15) is 40.5 Å². The summed E-state index contributed by atoms with van der Waals surface area (Å²) >= 11 is 0. The maximum atomic E-state index is 11.0. The number of hydrogen-bond donors (Lipinski definition) is 0. The molecule has 0 aromatic heterocycles. The molecule has 1 unspecified atom stereocenters. The van der Waals surface area contributed by atoms with Crippen molar-refractivity contribution >= 4 is 5.97 Å². The molecule has 0 aliphatic carbocycles. The zero-order valence-electron chi connectivity index (χ0n) is 8.59. The highest BCUT2D eigenvalue weighted by molar-refractivity contribution is 5.71. The standard InChI is InChI=1S/C10H20O2/c1-5-9(4)6-7-12-10(11)8(2)3/h8-9H,5-7H2,1-4H3. The van der Waals surface area contributed by atoms with Gasteiger partial charge in [-0.2, -0.15) is 0 Å². The fraction of sp³-hybridized carbons (Fsp3) is 0.900. The highest BCUT2D eigenvalue weighted by Gasteiger charge is 2.08. The van der Waals surface area contributed by atoms with E-state index in [-0.39, 0.29) is 11.9 Å². The van der Waals surface area contributed by atoms with Gasteiger partial charge in [0.1, 0.15) is 0 Å². The van der Waals surface area contributed by atoms with Gasteiger partial charge >= 0.3 is 5.97 Å². The van der Waals surface area contributed by atoms with Crippen LogP contribution in [0.3, 0.4) is 0 Å². The van der Waals surface area contributed by atoms with Gasteiger partial charge in [0.2, 0.25) is 0 Å². The summed E-state index contributed by atoms with van der Waals surface area (Å²) in [5, 5.41) is 0. The molecule has 0 aromatic carbocycles. The molecule has 0 aromatic rings. The van der Waals surface area contributed by atoms with E-state index in [0.29, 0.717) is 12.5 Å². The maximum Gasteiger partial charge on any atom is 0.308 e. The van der Waals surface area contributed by atoms with Crippen molar-refractivity contribution in [1.82, 2.24) is 0 Å². The van der Waals surface area contributed by atoms with Crippen molar-refractivity contribution in [2.24, 2.45) is 11.8 Å². The highest BCUT2D eigenvalue weighted by Crippen LogP contribution is 2.06. The average molecular weight is 172 g/mol. The minimum absolute atomic E-state index is 0.00179. The quantitative estimate of drug-likeness (QED) is 0.596. The van der Waals surface area contributed by atoms with Crippen molar-refractivity contribution < 1.29 is 9.53 Å². The van der Waals surface area contributed by atoms with Crippen molar-refractivity contribution in [2.45, 2.75) is 40.5 Å². The van der Waals surface area contributed by atoms with Gasteiger partial charge in [-0.3, -0.25) is 4.79 Å². The Kier molecular flexibility index (Phi) is 5.77. The number of carbonyl (C=O) groups is 1. The predicted molar refractivity (Wildman–Crippen MR) is 49.9 cm³/mol. The van der Waals surface area contributed by atoms with Crippen LogP contribution in [0.4, 0.5) is 0 Å². The van der Waals surface area contributed by atoms with E-state index in [1.54, 1.807) is 0 Å².